The summed E-state index contributed by atoms with van der Waals surface area (Å²) in [6.45, 7) is 6.80. The molecule has 3 nitrogen and oxygen atoms in total. The van der Waals surface area contributed by atoms with Gasteiger partial charge in [0.25, 0.3) is 0 Å². The van der Waals surface area contributed by atoms with E-state index in [1.807, 2.05) is 0 Å². The highest BCUT2D eigenvalue weighted by Gasteiger charge is 2.35. The number of carbonyl (C=O) groups is 1. The summed E-state index contributed by atoms with van der Waals surface area (Å²) < 4.78 is 13.2. The van der Waals surface area contributed by atoms with Crippen molar-refractivity contribution in [1.82, 2.24) is 5.32 Å². The molecule has 0 bridgehead atoms. The fourth-order valence-corrected chi connectivity index (χ4v) is 3.37. The minimum Gasteiger partial charge on any atom is -0.349 e. The third-order valence-electron chi connectivity index (χ3n) is 4.65. The lowest BCUT2D eigenvalue weighted by Gasteiger charge is -2.33. The fourth-order valence-electron chi connectivity index (χ4n) is 3.37. The van der Waals surface area contributed by atoms with Crippen molar-refractivity contribution < 1.29 is 9.18 Å². The van der Waals surface area contributed by atoms with Crippen LogP contribution in [0, 0.1) is 23.1 Å². The van der Waals surface area contributed by atoms with E-state index in [-0.39, 0.29) is 35.0 Å². The highest BCUT2D eigenvalue weighted by atomic mass is 19.1. The van der Waals surface area contributed by atoms with E-state index < -0.39 is 0 Å². The number of amides is 1. The Morgan fingerprint density at radius 2 is 1.95 bits per heavy atom. The zero-order chi connectivity index (χ0) is 16.3. The number of halogens is 1. The minimum atomic E-state index is -0.262. The summed E-state index contributed by atoms with van der Waals surface area (Å²) in [7, 11) is 0. The van der Waals surface area contributed by atoms with Crippen LogP contribution in [0.2, 0.25) is 0 Å². The lowest BCUT2D eigenvalue weighted by molar-refractivity contribution is -0.127. The molecule has 2 rings (SSSR count). The smallest absolute Gasteiger partial charge is 0.223 e. The van der Waals surface area contributed by atoms with Crippen LogP contribution < -0.4 is 11.1 Å². The zero-order valence-electron chi connectivity index (χ0n) is 13.7. The van der Waals surface area contributed by atoms with Gasteiger partial charge in [-0.3, -0.25) is 4.79 Å². The maximum absolute atomic E-state index is 13.2. The molecule has 0 aromatic heterocycles. The summed E-state index contributed by atoms with van der Waals surface area (Å²) in [5.41, 5.74) is 6.57. The Balaban J connectivity index is 2.17. The molecule has 1 aromatic carbocycles. The average Bonchev–Trinajstić information content (AvgIpc) is 2.93. The third-order valence-corrected chi connectivity index (χ3v) is 4.65. The molecule has 3 atom stereocenters. The van der Waals surface area contributed by atoms with Gasteiger partial charge in [-0.2, -0.15) is 0 Å². The minimum absolute atomic E-state index is 0.00954. The maximum Gasteiger partial charge on any atom is 0.223 e. The molecule has 1 aliphatic rings. The molecule has 1 unspecified atom stereocenters. The standard InChI is InChI=1S/C18H27FN2O/c1-18(2,3)16(12-7-9-14(19)10-8-12)21-17(22)15-6-4-5-13(15)11-20/h7-10,13,15-16H,4-6,11,20H2,1-3H3,(H,21,22)/t13-,15-,16?/m1/s1. The molecule has 0 saturated heterocycles. The predicted molar refractivity (Wildman–Crippen MR) is 86.6 cm³/mol. The van der Waals surface area contributed by atoms with Gasteiger partial charge < -0.3 is 11.1 Å². The molecule has 0 heterocycles. The van der Waals surface area contributed by atoms with Crippen molar-refractivity contribution >= 4 is 5.91 Å². The van der Waals surface area contributed by atoms with Crippen molar-refractivity contribution in [3.8, 4) is 0 Å². The van der Waals surface area contributed by atoms with Gasteiger partial charge in [-0.25, -0.2) is 4.39 Å². The summed E-state index contributed by atoms with van der Waals surface area (Å²) >= 11 is 0. The second-order valence-corrected chi connectivity index (χ2v) is 7.39. The van der Waals surface area contributed by atoms with Crippen LogP contribution in [0.25, 0.3) is 0 Å². The average molecular weight is 306 g/mol. The first-order valence-electron chi connectivity index (χ1n) is 8.09. The molecule has 1 aromatic rings. The normalized spacial score (nSPS) is 23.3. The van der Waals surface area contributed by atoms with Crippen molar-refractivity contribution in [2.45, 2.75) is 46.1 Å². The first-order chi connectivity index (χ1) is 10.3. The number of carbonyl (C=O) groups excluding carboxylic acids is 1. The van der Waals surface area contributed by atoms with Gasteiger partial charge in [0, 0.05) is 5.92 Å². The van der Waals surface area contributed by atoms with Crippen LogP contribution in [0.4, 0.5) is 4.39 Å². The van der Waals surface area contributed by atoms with Crippen LogP contribution in [-0.2, 0) is 4.79 Å². The van der Waals surface area contributed by atoms with Crippen molar-refractivity contribution in [2.75, 3.05) is 6.54 Å². The number of rotatable bonds is 4. The Morgan fingerprint density at radius 1 is 1.32 bits per heavy atom. The second kappa shape index (κ2) is 6.78. The van der Waals surface area contributed by atoms with E-state index in [4.69, 9.17) is 5.73 Å². The van der Waals surface area contributed by atoms with E-state index in [1.165, 1.54) is 12.1 Å². The van der Waals surface area contributed by atoms with E-state index in [9.17, 15) is 9.18 Å². The van der Waals surface area contributed by atoms with Gasteiger partial charge in [0.05, 0.1) is 6.04 Å². The number of nitrogens with two attached hydrogens (primary N) is 1. The topological polar surface area (TPSA) is 55.1 Å². The van der Waals surface area contributed by atoms with Crippen LogP contribution in [0.5, 0.6) is 0 Å². The Hall–Kier alpha value is -1.42. The van der Waals surface area contributed by atoms with Crippen LogP contribution >= 0.6 is 0 Å². The second-order valence-electron chi connectivity index (χ2n) is 7.39. The van der Waals surface area contributed by atoms with Gasteiger partial charge in [-0.05, 0) is 48.4 Å². The Kier molecular flexibility index (Phi) is 5.22. The summed E-state index contributed by atoms with van der Waals surface area (Å²) in [5.74, 6) is 0.114. The quantitative estimate of drug-likeness (QED) is 0.895. The summed E-state index contributed by atoms with van der Waals surface area (Å²) in [4.78, 5) is 12.7. The predicted octanol–water partition coefficient (Wildman–Crippen LogP) is 3.40. The highest BCUT2D eigenvalue weighted by molar-refractivity contribution is 5.79. The van der Waals surface area contributed by atoms with Crippen molar-refractivity contribution in [1.29, 1.82) is 0 Å². The van der Waals surface area contributed by atoms with E-state index in [0.29, 0.717) is 6.54 Å². The van der Waals surface area contributed by atoms with Gasteiger partial charge in [0.2, 0.25) is 5.91 Å². The largest absolute Gasteiger partial charge is 0.349 e. The number of hydrogen-bond donors (Lipinski definition) is 2. The fraction of sp³-hybridized carbons (Fsp3) is 0.611. The lowest BCUT2D eigenvalue weighted by atomic mass is 9.81. The monoisotopic (exact) mass is 306 g/mol. The van der Waals surface area contributed by atoms with Gasteiger partial charge in [0.1, 0.15) is 5.82 Å². The molecule has 3 N–H and O–H groups in total. The van der Waals surface area contributed by atoms with Crippen LogP contribution in [0.15, 0.2) is 24.3 Å². The molecule has 22 heavy (non-hydrogen) atoms. The zero-order valence-corrected chi connectivity index (χ0v) is 13.7. The maximum atomic E-state index is 13.2. The molecule has 1 amide bonds. The summed E-state index contributed by atoms with van der Waals surface area (Å²) in [6.07, 6.45) is 3.01. The number of nitrogens with one attached hydrogen (secondary N) is 1. The Bertz CT molecular complexity index is 507. The SMILES string of the molecule is CC(C)(C)C(NC(=O)[C@@H]1CCC[C@@H]1CN)c1ccc(F)cc1. The van der Waals surface area contributed by atoms with Crippen molar-refractivity contribution in [3.63, 3.8) is 0 Å². The molecule has 1 fully saturated rings. The number of hydrogen-bond acceptors (Lipinski definition) is 2. The molecule has 0 spiro atoms. The molecule has 4 heteroatoms. The molecular weight excluding hydrogens is 279 g/mol. The van der Waals surface area contributed by atoms with Crippen LogP contribution in [0.3, 0.4) is 0 Å². The van der Waals surface area contributed by atoms with Gasteiger partial charge in [-0.1, -0.05) is 39.3 Å². The molecule has 1 saturated carbocycles. The Morgan fingerprint density at radius 3 is 2.50 bits per heavy atom. The first-order valence-corrected chi connectivity index (χ1v) is 8.09. The van der Waals surface area contributed by atoms with Gasteiger partial charge >= 0.3 is 0 Å². The molecule has 0 aliphatic heterocycles. The van der Waals surface area contributed by atoms with E-state index in [1.54, 1.807) is 12.1 Å². The first kappa shape index (κ1) is 16.9. The molecule has 122 valence electrons. The van der Waals surface area contributed by atoms with E-state index in [2.05, 4.69) is 26.1 Å². The molecular formula is C18H27FN2O. The van der Waals surface area contributed by atoms with E-state index in [0.717, 1.165) is 24.8 Å². The van der Waals surface area contributed by atoms with Gasteiger partial charge in [-0.15, -0.1) is 0 Å². The summed E-state index contributed by atoms with van der Waals surface area (Å²) in [5, 5.41) is 3.18. The van der Waals surface area contributed by atoms with Crippen molar-refractivity contribution in [3.05, 3.63) is 35.6 Å². The van der Waals surface area contributed by atoms with Crippen molar-refractivity contribution in [2.24, 2.45) is 23.0 Å². The van der Waals surface area contributed by atoms with E-state index >= 15 is 0 Å². The van der Waals surface area contributed by atoms with Crippen LogP contribution in [-0.4, -0.2) is 12.5 Å². The lowest BCUT2D eigenvalue weighted by Crippen LogP contribution is -2.41. The molecule has 1 aliphatic carbocycles. The summed E-state index contributed by atoms with van der Waals surface area (Å²) in [6, 6.07) is 6.25. The number of benzene rings is 1. The van der Waals surface area contributed by atoms with Gasteiger partial charge in [0.15, 0.2) is 0 Å². The molecule has 0 radical (unpaired) electrons. The highest BCUT2D eigenvalue weighted by Crippen LogP contribution is 2.36. The third kappa shape index (κ3) is 3.86. The Labute approximate surface area is 132 Å². The van der Waals surface area contributed by atoms with Crippen LogP contribution in [0.1, 0.15) is 51.6 Å².